The van der Waals surface area contributed by atoms with Crippen LogP contribution in [0.1, 0.15) is 12.5 Å². The van der Waals surface area contributed by atoms with Crippen molar-refractivity contribution in [2.24, 2.45) is 0 Å². The van der Waals surface area contributed by atoms with Gasteiger partial charge in [0, 0.05) is 29.7 Å². The van der Waals surface area contributed by atoms with Crippen molar-refractivity contribution >= 4 is 28.2 Å². The zero-order chi connectivity index (χ0) is 19.9. The Morgan fingerprint density at radius 2 is 1.89 bits per heavy atom. The summed E-state index contributed by atoms with van der Waals surface area (Å²) in [6.45, 7) is 2.63. The molecule has 4 rings (SSSR count). The van der Waals surface area contributed by atoms with Crippen LogP contribution in [0.2, 0.25) is 0 Å². The maximum Gasteiger partial charge on any atom is 0.416 e. The molecule has 5 nitrogen and oxygen atoms in total. The predicted molar refractivity (Wildman–Crippen MR) is 101 cm³/mol. The van der Waals surface area contributed by atoms with Crippen molar-refractivity contribution in [3.05, 3.63) is 54.2 Å². The van der Waals surface area contributed by atoms with E-state index in [0.717, 1.165) is 28.7 Å². The summed E-state index contributed by atoms with van der Waals surface area (Å²) in [5, 5.41) is 3.62. The third-order valence-electron chi connectivity index (χ3n) is 4.67. The molecule has 0 unspecified atom stereocenters. The molecule has 2 heterocycles. The van der Waals surface area contributed by atoms with Crippen LogP contribution in [0.25, 0.3) is 10.9 Å². The van der Waals surface area contributed by atoms with Crippen LogP contribution in [-0.4, -0.2) is 30.1 Å². The second-order valence-corrected chi connectivity index (χ2v) is 6.78. The van der Waals surface area contributed by atoms with Crippen LogP contribution in [-0.2, 0) is 11.0 Å². The highest BCUT2D eigenvalue weighted by Gasteiger charge is 2.32. The van der Waals surface area contributed by atoms with E-state index in [0.29, 0.717) is 24.5 Å². The first kappa shape index (κ1) is 18.2. The van der Waals surface area contributed by atoms with Gasteiger partial charge in [-0.3, -0.25) is 4.79 Å². The molecule has 0 aliphatic carbocycles. The Balaban J connectivity index is 1.40. The van der Waals surface area contributed by atoms with Crippen molar-refractivity contribution in [3.63, 3.8) is 0 Å². The number of H-pyrrole nitrogens is 1. The maximum atomic E-state index is 12.6. The van der Waals surface area contributed by atoms with Crippen molar-refractivity contribution < 1.29 is 22.7 Å². The minimum absolute atomic E-state index is 0.0529. The summed E-state index contributed by atoms with van der Waals surface area (Å²) in [5.74, 6) is 0.522. The first-order chi connectivity index (χ1) is 13.3. The zero-order valence-corrected chi connectivity index (χ0v) is 15.0. The topological polar surface area (TPSA) is 57.4 Å². The lowest BCUT2D eigenvalue weighted by Crippen LogP contribution is -2.54. The fourth-order valence-electron chi connectivity index (χ4n) is 3.24. The second kappa shape index (κ2) is 6.78. The van der Waals surface area contributed by atoms with Gasteiger partial charge in [0.2, 0.25) is 5.91 Å². The van der Waals surface area contributed by atoms with E-state index >= 15 is 0 Å². The van der Waals surface area contributed by atoms with Gasteiger partial charge in [-0.1, -0.05) is 0 Å². The number of fused-ring (bicyclic) bond motifs is 1. The molecule has 0 radical (unpaired) electrons. The lowest BCUT2D eigenvalue weighted by molar-refractivity contribution is -0.137. The zero-order valence-electron chi connectivity index (χ0n) is 15.0. The van der Waals surface area contributed by atoms with Gasteiger partial charge in [0.05, 0.1) is 24.3 Å². The maximum absolute atomic E-state index is 12.6. The van der Waals surface area contributed by atoms with Gasteiger partial charge in [-0.2, -0.15) is 13.2 Å². The van der Waals surface area contributed by atoms with E-state index in [4.69, 9.17) is 4.74 Å². The van der Waals surface area contributed by atoms with Crippen LogP contribution in [0.5, 0.6) is 5.75 Å². The van der Waals surface area contributed by atoms with E-state index in [-0.39, 0.29) is 12.0 Å². The molecule has 28 heavy (non-hydrogen) atoms. The van der Waals surface area contributed by atoms with Crippen molar-refractivity contribution in [2.45, 2.75) is 19.2 Å². The summed E-state index contributed by atoms with van der Waals surface area (Å²) in [4.78, 5) is 16.3. The summed E-state index contributed by atoms with van der Waals surface area (Å²) >= 11 is 0. The molecular formula is C20H18F3N3O2. The molecule has 1 aliphatic heterocycles. The van der Waals surface area contributed by atoms with E-state index in [1.807, 2.05) is 23.1 Å². The van der Waals surface area contributed by atoms with Gasteiger partial charge in [0.15, 0.2) is 0 Å². The Hall–Kier alpha value is -3.16. The van der Waals surface area contributed by atoms with E-state index in [2.05, 4.69) is 10.3 Å². The van der Waals surface area contributed by atoms with Crippen molar-refractivity contribution in [2.75, 3.05) is 23.3 Å². The van der Waals surface area contributed by atoms with Crippen molar-refractivity contribution in [1.29, 1.82) is 0 Å². The number of carbonyl (C=O) groups is 1. The molecule has 2 aromatic carbocycles. The summed E-state index contributed by atoms with van der Waals surface area (Å²) in [7, 11) is 0. The number of amides is 1. The van der Waals surface area contributed by atoms with Crippen LogP contribution < -0.4 is 15.0 Å². The number of aromatic nitrogens is 1. The molecule has 0 bridgehead atoms. The van der Waals surface area contributed by atoms with Crippen LogP contribution >= 0.6 is 0 Å². The number of rotatable bonds is 4. The number of benzene rings is 2. The third-order valence-corrected chi connectivity index (χ3v) is 4.67. The standard InChI is InChI=1S/C20H18F3N3O2/c1-12(27)25-19-9-24-18-7-6-15(8-17(18)19)28-16-10-26(11-16)14-4-2-13(3-5-14)20(21,22)23/h2-9,16,24H,10-11H2,1H3,(H,25,27). The van der Waals surface area contributed by atoms with E-state index in [1.165, 1.54) is 19.1 Å². The highest BCUT2D eigenvalue weighted by molar-refractivity contribution is 6.01. The number of carbonyl (C=O) groups excluding carboxylic acids is 1. The normalized spacial score (nSPS) is 14.8. The van der Waals surface area contributed by atoms with Gasteiger partial charge in [-0.05, 0) is 42.5 Å². The highest BCUT2D eigenvalue weighted by Crippen LogP contribution is 2.32. The number of nitrogens with one attached hydrogen (secondary N) is 2. The quantitative estimate of drug-likeness (QED) is 0.695. The summed E-state index contributed by atoms with van der Waals surface area (Å²) in [6, 6.07) is 10.7. The van der Waals surface area contributed by atoms with E-state index < -0.39 is 11.7 Å². The Morgan fingerprint density at radius 1 is 1.18 bits per heavy atom. The molecular weight excluding hydrogens is 371 g/mol. The fourth-order valence-corrected chi connectivity index (χ4v) is 3.24. The molecule has 1 aromatic heterocycles. The third kappa shape index (κ3) is 3.62. The van der Waals surface area contributed by atoms with Gasteiger partial charge >= 0.3 is 6.18 Å². The van der Waals surface area contributed by atoms with Crippen molar-refractivity contribution in [1.82, 2.24) is 4.98 Å². The number of alkyl halides is 3. The molecule has 0 saturated carbocycles. The van der Waals surface area contributed by atoms with Gasteiger partial charge < -0.3 is 19.9 Å². The number of nitrogens with zero attached hydrogens (tertiary/aromatic N) is 1. The molecule has 0 atom stereocenters. The Labute approximate surface area is 159 Å². The van der Waals surface area contributed by atoms with Gasteiger partial charge in [0.1, 0.15) is 11.9 Å². The predicted octanol–water partition coefficient (Wildman–Crippen LogP) is 4.41. The van der Waals surface area contributed by atoms with E-state index in [9.17, 15) is 18.0 Å². The largest absolute Gasteiger partial charge is 0.487 e. The van der Waals surface area contributed by atoms with Crippen LogP contribution in [0.4, 0.5) is 24.5 Å². The minimum Gasteiger partial charge on any atom is -0.487 e. The number of hydrogen-bond acceptors (Lipinski definition) is 3. The molecule has 1 amide bonds. The Kier molecular flexibility index (Phi) is 4.41. The number of ether oxygens (including phenoxy) is 1. The molecule has 3 aromatic rings. The first-order valence-corrected chi connectivity index (χ1v) is 8.77. The number of aromatic amines is 1. The van der Waals surface area contributed by atoms with E-state index in [1.54, 1.807) is 6.20 Å². The lowest BCUT2D eigenvalue weighted by Gasteiger charge is -2.40. The second-order valence-electron chi connectivity index (χ2n) is 6.78. The molecule has 1 fully saturated rings. The molecule has 2 N–H and O–H groups in total. The smallest absolute Gasteiger partial charge is 0.416 e. The fraction of sp³-hybridized carbons (Fsp3) is 0.250. The van der Waals surface area contributed by atoms with Crippen LogP contribution in [0.3, 0.4) is 0 Å². The SMILES string of the molecule is CC(=O)Nc1c[nH]c2ccc(OC3CN(c4ccc(C(F)(F)F)cc4)C3)cc12. The molecule has 1 saturated heterocycles. The monoisotopic (exact) mass is 389 g/mol. The van der Waals surface area contributed by atoms with Gasteiger partial charge in [-0.25, -0.2) is 0 Å². The van der Waals surface area contributed by atoms with Crippen molar-refractivity contribution in [3.8, 4) is 5.75 Å². The molecule has 8 heteroatoms. The van der Waals surface area contributed by atoms with Gasteiger partial charge in [0.25, 0.3) is 0 Å². The average Bonchev–Trinajstić information content (AvgIpc) is 2.99. The molecule has 146 valence electrons. The average molecular weight is 389 g/mol. The highest BCUT2D eigenvalue weighted by atomic mass is 19.4. The minimum atomic E-state index is -4.33. The summed E-state index contributed by atoms with van der Waals surface area (Å²) in [6.07, 6.45) is -2.65. The Morgan fingerprint density at radius 3 is 2.54 bits per heavy atom. The summed E-state index contributed by atoms with van der Waals surface area (Å²) in [5.41, 5.74) is 1.66. The van der Waals surface area contributed by atoms with Crippen LogP contribution in [0, 0.1) is 0 Å². The Bertz CT molecular complexity index is 1010. The summed E-state index contributed by atoms with van der Waals surface area (Å²) < 4.78 is 43.9. The number of anilines is 2. The number of hydrogen-bond donors (Lipinski definition) is 2. The number of halogens is 3. The lowest BCUT2D eigenvalue weighted by atomic mass is 10.1. The van der Waals surface area contributed by atoms with Gasteiger partial charge in [-0.15, -0.1) is 0 Å². The molecule has 1 aliphatic rings. The molecule has 0 spiro atoms. The first-order valence-electron chi connectivity index (χ1n) is 8.77. The van der Waals surface area contributed by atoms with Crippen LogP contribution in [0.15, 0.2) is 48.7 Å².